The second-order valence-electron chi connectivity index (χ2n) is 6.34. The first kappa shape index (κ1) is 20.6. The zero-order valence-corrected chi connectivity index (χ0v) is 16.5. The van der Waals surface area contributed by atoms with E-state index >= 15 is 0 Å². The summed E-state index contributed by atoms with van der Waals surface area (Å²) in [7, 11) is 0. The second kappa shape index (κ2) is 9.39. The summed E-state index contributed by atoms with van der Waals surface area (Å²) < 4.78 is 16.1. The van der Waals surface area contributed by atoms with Crippen LogP contribution in [0.25, 0.3) is 23.5 Å². The number of carbonyl (C=O) groups is 2. The number of rotatable bonds is 7. The smallest absolute Gasteiger partial charge is 0.335 e. The van der Waals surface area contributed by atoms with Gasteiger partial charge in [0.2, 0.25) is 0 Å². The van der Waals surface area contributed by atoms with Crippen molar-refractivity contribution < 1.29 is 23.5 Å². The van der Waals surface area contributed by atoms with Gasteiger partial charge in [-0.25, -0.2) is 9.59 Å². The molecule has 0 aliphatic rings. The molecule has 0 aliphatic heterocycles. The van der Waals surface area contributed by atoms with Crippen LogP contribution in [0.2, 0.25) is 0 Å². The van der Waals surface area contributed by atoms with Gasteiger partial charge in [-0.05, 0) is 72.7 Å². The van der Waals surface area contributed by atoms with Crippen LogP contribution in [-0.4, -0.2) is 11.9 Å². The first-order valence-corrected chi connectivity index (χ1v) is 9.16. The molecule has 0 spiro atoms. The number of carbonyl (C=O) groups excluding carboxylic acids is 2. The molecule has 0 fully saturated rings. The van der Waals surface area contributed by atoms with Crippen LogP contribution in [0.15, 0.2) is 84.3 Å². The summed E-state index contributed by atoms with van der Waals surface area (Å²) in [6, 6.07) is 16.2. The maximum absolute atomic E-state index is 11.3. The van der Waals surface area contributed by atoms with Crippen LogP contribution < -0.4 is 9.47 Å². The van der Waals surface area contributed by atoms with Crippen LogP contribution in [0.1, 0.15) is 16.9 Å². The van der Waals surface area contributed by atoms with E-state index in [4.69, 9.17) is 13.9 Å². The quantitative estimate of drug-likeness (QED) is 0.293. The van der Waals surface area contributed by atoms with E-state index in [-0.39, 0.29) is 0 Å². The van der Waals surface area contributed by atoms with Crippen molar-refractivity contribution in [3.8, 4) is 22.8 Å². The molecule has 30 heavy (non-hydrogen) atoms. The van der Waals surface area contributed by atoms with Crippen molar-refractivity contribution >= 4 is 24.1 Å². The van der Waals surface area contributed by atoms with E-state index in [1.807, 2.05) is 55.5 Å². The van der Waals surface area contributed by atoms with Gasteiger partial charge in [-0.15, -0.1) is 0 Å². The lowest BCUT2D eigenvalue weighted by molar-refractivity contribution is -0.129. The van der Waals surface area contributed by atoms with Gasteiger partial charge in [-0.2, -0.15) is 0 Å². The maximum atomic E-state index is 11.3. The van der Waals surface area contributed by atoms with Crippen LogP contribution in [0, 0.1) is 6.92 Å². The van der Waals surface area contributed by atoms with Gasteiger partial charge in [0.15, 0.2) is 0 Å². The Balaban J connectivity index is 1.69. The van der Waals surface area contributed by atoms with Gasteiger partial charge in [0.05, 0.1) is 0 Å². The molecule has 1 aromatic heterocycles. The zero-order valence-electron chi connectivity index (χ0n) is 16.5. The number of esters is 2. The highest BCUT2D eigenvalue weighted by Crippen LogP contribution is 2.26. The maximum Gasteiger partial charge on any atom is 0.335 e. The number of hydrogen-bond donors (Lipinski definition) is 0. The lowest BCUT2D eigenvalue weighted by Crippen LogP contribution is -2.04. The molecule has 0 unspecified atom stereocenters. The molecule has 3 aromatic rings. The van der Waals surface area contributed by atoms with Gasteiger partial charge in [0, 0.05) is 17.7 Å². The summed E-state index contributed by atoms with van der Waals surface area (Å²) in [5.41, 5.74) is 2.64. The van der Waals surface area contributed by atoms with Crippen LogP contribution in [0.4, 0.5) is 0 Å². The molecular formula is C25H20O5. The van der Waals surface area contributed by atoms with E-state index in [9.17, 15) is 9.59 Å². The molecule has 0 bridgehead atoms. The van der Waals surface area contributed by atoms with Gasteiger partial charge >= 0.3 is 11.9 Å². The summed E-state index contributed by atoms with van der Waals surface area (Å²) in [6.07, 6.45) is 6.01. The fourth-order valence-electron chi connectivity index (χ4n) is 2.66. The molecule has 0 N–H and O–H groups in total. The molecule has 0 amide bonds. The molecule has 2 aromatic carbocycles. The normalized spacial score (nSPS) is 10.6. The summed E-state index contributed by atoms with van der Waals surface area (Å²) in [5, 5.41) is 0. The highest BCUT2D eigenvalue weighted by Gasteiger charge is 2.06. The Morgan fingerprint density at radius 2 is 1.57 bits per heavy atom. The monoisotopic (exact) mass is 400 g/mol. The van der Waals surface area contributed by atoms with E-state index in [1.54, 1.807) is 18.2 Å². The van der Waals surface area contributed by atoms with Gasteiger partial charge in [-0.3, -0.25) is 0 Å². The predicted molar refractivity (Wildman–Crippen MR) is 116 cm³/mol. The van der Waals surface area contributed by atoms with Gasteiger partial charge < -0.3 is 13.9 Å². The third-order valence-electron chi connectivity index (χ3n) is 4.17. The second-order valence-corrected chi connectivity index (χ2v) is 6.34. The minimum Gasteiger partial charge on any atom is -0.457 e. The average molecular weight is 400 g/mol. The van der Waals surface area contributed by atoms with Crippen molar-refractivity contribution in [3.63, 3.8) is 0 Å². The highest BCUT2D eigenvalue weighted by atomic mass is 16.5. The number of benzene rings is 2. The first-order chi connectivity index (χ1) is 14.5. The molecule has 0 radical (unpaired) electrons. The Hall–Kier alpha value is -4.12. The van der Waals surface area contributed by atoms with Crippen molar-refractivity contribution in [1.82, 2.24) is 0 Å². The topological polar surface area (TPSA) is 65.7 Å². The van der Waals surface area contributed by atoms with Gasteiger partial charge in [-0.1, -0.05) is 25.3 Å². The Kier molecular flexibility index (Phi) is 6.45. The summed E-state index contributed by atoms with van der Waals surface area (Å²) >= 11 is 0. The lowest BCUT2D eigenvalue weighted by Gasteiger charge is -2.06. The molecule has 0 saturated carbocycles. The predicted octanol–water partition coefficient (Wildman–Crippen LogP) is 5.61. The van der Waals surface area contributed by atoms with E-state index in [2.05, 4.69) is 13.2 Å². The standard InChI is InChI=1S/C25H20O5/c1-4-24(26)29-21-11-8-19(9-12-21)23-15-13-20(28-23)10-6-18-7-14-22(17(3)16-18)30-25(27)5-2/h4-16H,1-2H2,3H3. The molecule has 0 aliphatic carbocycles. The van der Waals surface area contributed by atoms with Crippen LogP contribution in [-0.2, 0) is 9.59 Å². The molecule has 0 saturated heterocycles. The fourth-order valence-corrected chi connectivity index (χ4v) is 2.66. The Morgan fingerprint density at radius 3 is 2.23 bits per heavy atom. The number of hydrogen-bond acceptors (Lipinski definition) is 5. The van der Waals surface area contributed by atoms with Crippen molar-refractivity contribution in [2.45, 2.75) is 6.92 Å². The van der Waals surface area contributed by atoms with Crippen molar-refractivity contribution in [2.75, 3.05) is 0 Å². The molecule has 1 heterocycles. The first-order valence-electron chi connectivity index (χ1n) is 9.16. The highest BCUT2D eigenvalue weighted by molar-refractivity contribution is 5.84. The number of aryl methyl sites for hydroxylation is 1. The molecular weight excluding hydrogens is 380 g/mol. The largest absolute Gasteiger partial charge is 0.457 e. The van der Waals surface area contributed by atoms with Crippen LogP contribution in [0.5, 0.6) is 11.5 Å². The van der Waals surface area contributed by atoms with E-state index in [0.29, 0.717) is 23.0 Å². The Morgan fingerprint density at radius 1 is 0.867 bits per heavy atom. The summed E-state index contributed by atoms with van der Waals surface area (Å²) in [4.78, 5) is 22.6. The molecule has 3 rings (SSSR count). The SMILES string of the molecule is C=CC(=O)Oc1ccc(-c2ccc(C=Cc3ccc(OC(=O)C=C)c(C)c3)o2)cc1. The molecule has 5 nitrogen and oxygen atoms in total. The van der Waals surface area contributed by atoms with Crippen molar-refractivity contribution in [3.05, 3.63) is 96.8 Å². The summed E-state index contributed by atoms with van der Waals surface area (Å²) in [5.74, 6) is 1.32. The molecule has 150 valence electrons. The third kappa shape index (κ3) is 5.23. The minimum atomic E-state index is -0.504. The Bertz CT molecular complexity index is 1120. The number of furan rings is 1. The molecule has 0 atom stereocenters. The zero-order chi connectivity index (χ0) is 21.5. The molecule has 5 heteroatoms. The Labute approximate surface area is 174 Å². The third-order valence-corrected chi connectivity index (χ3v) is 4.17. The van der Waals surface area contributed by atoms with Gasteiger partial charge in [0.25, 0.3) is 0 Å². The minimum absolute atomic E-state index is 0.438. The van der Waals surface area contributed by atoms with E-state index in [0.717, 1.165) is 28.8 Å². The van der Waals surface area contributed by atoms with Gasteiger partial charge in [0.1, 0.15) is 23.0 Å². The van der Waals surface area contributed by atoms with E-state index in [1.165, 1.54) is 0 Å². The van der Waals surface area contributed by atoms with Crippen LogP contribution >= 0.6 is 0 Å². The average Bonchev–Trinajstić information content (AvgIpc) is 3.23. The van der Waals surface area contributed by atoms with Crippen LogP contribution in [0.3, 0.4) is 0 Å². The fraction of sp³-hybridized carbons (Fsp3) is 0.0400. The lowest BCUT2D eigenvalue weighted by atomic mass is 10.1. The van der Waals surface area contributed by atoms with E-state index < -0.39 is 11.9 Å². The van der Waals surface area contributed by atoms with Crippen molar-refractivity contribution in [2.24, 2.45) is 0 Å². The summed E-state index contributed by atoms with van der Waals surface area (Å²) in [6.45, 7) is 8.62. The van der Waals surface area contributed by atoms with Crippen molar-refractivity contribution in [1.29, 1.82) is 0 Å². The number of ether oxygens (including phenoxy) is 2.